The number of urea groups is 1. The van der Waals surface area contributed by atoms with Gasteiger partial charge in [-0.15, -0.1) is 0 Å². The van der Waals surface area contributed by atoms with E-state index in [1.165, 1.54) is 5.56 Å². The summed E-state index contributed by atoms with van der Waals surface area (Å²) in [6.07, 6.45) is 8.12. The SMILES string of the molecule is CN(C)[C@]1(c2ccccc2)CCCCCN(CC2(O)CCC2)C(=O)N(CC(N)=O)CCC1. The van der Waals surface area contributed by atoms with Gasteiger partial charge < -0.3 is 20.6 Å². The van der Waals surface area contributed by atoms with Gasteiger partial charge in [-0.1, -0.05) is 43.2 Å². The van der Waals surface area contributed by atoms with Crippen molar-refractivity contribution in [1.82, 2.24) is 14.7 Å². The Morgan fingerprint density at radius 3 is 2.22 bits per heavy atom. The van der Waals surface area contributed by atoms with E-state index in [0.29, 0.717) is 19.6 Å². The Hall–Kier alpha value is -2.12. The molecule has 2 aliphatic rings. The maximum absolute atomic E-state index is 13.4. The third-order valence-electron chi connectivity index (χ3n) is 7.36. The van der Waals surface area contributed by atoms with E-state index in [1.54, 1.807) is 9.80 Å². The number of β-amino-alcohol motifs (C(OH)–C–C–N with tert-alkyl or cyclic N) is 1. The van der Waals surface area contributed by atoms with Crippen molar-refractivity contribution in [3.8, 4) is 0 Å². The lowest BCUT2D eigenvalue weighted by atomic mass is 9.79. The van der Waals surface area contributed by atoms with E-state index in [9.17, 15) is 14.7 Å². The quantitative estimate of drug-likeness (QED) is 0.706. The first-order valence-electron chi connectivity index (χ1n) is 12.0. The minimum atomic E-state index is -0.779. The van der Waals surface area contributed by atoms with E-state index in [1.807, 2.05) is 6.07 Å². The van der Waals surface area contributed by atoms with Gasteiger partial charge in [0.25, 0.3) is 0 Å². The van der Waals surface area contributed by atoms with Crippen molar-refractivity contribution in [1.29, 1.82) is 0 Å². The molecule has 1 saturated heterocycles. The van der Waals surface area contributed by atoms with Crippen LogP contribution in [-0.4, -0.2) is 77.6 Å². The number of aliphatic hydroxyl groups is 1. The Morgan fingerprint density at radius 1 is 0.969 bits per heavy atom. The van der Waals surface area contributed by atoms with Gasteiger partial charge in [-0.3, -0.25) is 9.69 Å². The molecule has 1 aromatic carbocycles. The van der Waals surface area contributed by atoms with Gasteiger partial charge in [0.15, 0.2) is 0 Å². The normalized spacial score (nSPS) is 25.1. The predicted octanol–water partition coefficient (Wildman–Crippen LogP) is 2.92. The molecule has 0 unspecified atom stereocenters. The zero-order chi connectivity index (χ0) is 23.2. The second-order valence-electron chi connectivity index (χ2n) is 9.88. The number of primary amides is 1. The fourth-order valence-electron chi connectivity index (χ4n) is 5.30. The maximum atomic E-state index is 13.4. The van der Waals surface area contributed by atoms with Crippen LogP contribution in [-0.2, 0) is 10.3 Å². The van der Waals surface area contributed by atoms with Gasteiger partial charge in [-0.25, -0.2) is 4.79 Å². The molecule has 0 aromatic heterocycles. The van der Waals surface area contributed by atoms with Gasteiger partial charge in [-0.2, -0.15) is 0 Å². The summed E-state index contributed by atoms with van der Waals surface area (Å²) in [5, 5.41) is 10.7. The number of carbonyl (C=O) groups excluding carboxylic acids is 2. The van der Waals surface area contributed by atoms with Crippen LogP contribution >= 0.6 is 0 Å². The van der Waals surface area contributed by atoms with Crippen molar-refractivity contribution < 1.29 is 14.7 Å². The number of hydrogen-bond acceptors (Lipinski definition) is 4. The highest BCUT2D eigenvalue weighted by atomic mass is 16.3. The van der Waals surface area contributed by atoms with Crippen molar-refractivity contribution in [2.45, 2.75) is 68.9 Å². The lowest BCUT2D eigenvalue weighted by Gasteiger charge is -2.43. The van der Waals surface area contributed by atoms with Crippen molar-refractivity contribution in [2.24, 2.45) is 5.73 Å². The Morgan fingerprint density at radius 2 is 1.62 bits per heavy atom. The van der Waals surface area contributed by atoms with Crippen LogP contribution in [0.1, 0.15) is 63.4 Å². The highest BCUT2D eigenvalue weighted by Crippen LogP contribution is 2.38. The third-order valence-corrected chi connectivity index (χ3v) is 7.36. The molecule has 3 N–H and O–H groups in total. The van der Waals surface area contributed by atoms with Crippen LogP contribution in [0.15, 0.2) is 30.3 Å². The van der Waals surface area contributed by atoms with E-state index >= 15 is 0 Å². The van der Waals surface area contributed by atoms with Crippen molar-refractivity contribution >= 4 is 11.9 Å². The lowest BCUT2D eigenvalue weighted by molar-refractivity contribution is -0.118. The average Bonchev–Trinajstić information content (AvgIpc) is 2.73. The second-order valence-corrected chi connectivity index (χ2v) is 9.88. The number of nitrogens with zero attached hydrogens (tertiary/aromatic N) is 3. The van der Waals surface area contributed by atoms with Gasteiger partial charge in [0.1, 0.15) is 6.54 Å². The summed E-state index contributed by atoms with van der Waals surface area (Å²) in [5.74, 6) is -0.505. The van der Waals surface area contributed by atoms with Gasteiger partial charge >= 0.3 is 6.03 Å². The molecule has 0 radical (unpaired) electrons. The molecule has 1 aliphatic heterocycles. The first-order chi connectivity index (χ1) is 15.3. The summed E-state index contributed by atoms with van der Waals surface area (Å²) in [6, 6.07) is 10.4. The highest BCUT2D eigenvalue weighted by Gasteiger charge is 2.39. The van der Waals surface area contributed by atoms with Crippen LogP contribution in [0.3, 0.4) is 0 Å². The predicted molar refractivity (Wildman–Crippen MR) is 126 cm³/mol. The summed E-state index contributed by atoms with van der Waals surface area (Å²) in [5.41, 5.74) is 5.90. The van der Waals surface area contributed by atoms with Crippen molar-refractivity contribution in [3.63, 3.8) is 0 Å². The van der Waals surface area contributed by atoms with Gasteiger partial charge in [0.05, 0.1) is 12.1 Å². The molecule has 2 fully saturated rings. The number of benzene rings is 1. The summed E-state index contributed by atoms with van der Waals surface area (Å²) in [4.78, 5) is 30.8. The Labute approximate surface area is 192 Å². The summed E-state index contributed by atoms with van der Waals surface area (Å²) < 4.78 is 0. The fraction of sp³-hybridized carbons (Fsp3) is 0.680. The minimum absolute atomic E-state index is 0.0892. The van der Waals surface area contributed by atoms with E-state index in [4.69, 9.17) is 5.73 Å². The molecule has 0 bridgehead atoms. The molecule has 3 rings (SSSR count). The monoisotopic (exact) mass is 444 g/mol. The van der Waals surface area contributed by atoms with Crippen LogP contribution in [0.4, 0.5) is 4.79 Å². The van der Waals surface area contributed by atoms with E-state index in [0.717, 1.165) is 57.8 Å². The topological polar surface area (TPSA) is 90.1 Å². The van der Waals surface area contributed by atoms with E-state index in [-0.39, 0.29) is 18.1 Å². The first-order valence-corrected chi connectivity index (χ1v) is 12.0. The molecule has 7 nitrogen and oxygen atoms in total. The number of amides is 3. The third kappa shape index (κ3) is 5.81. The number of hydrogen-bond donors (Lipinski definition) is 2. The van der Waals surface area contributed by atoms with Crippen LogP contribution in [0.2, 0.25) is 0 Å². The molecular formula is C25H40N4O3. The molecule has 1 heterocycles. The lowest BCUT2D eigenvalue weighted by Crippen LogP contribution is -2.54. The molecule has 32 heavy (non-hydrogen) atoms. The molecule has 178 valence electrons. The number of nitrogens with two attached hydrogens (primary N) is 1. The highest BCUT2D eigenvalue weighted by molar-refractivity contribution is 5.83. The summed E-state index contributed by atoms with van der Waals surface area (Å²) >= 11 is 0. The minimum Gasteiger partial charge on any atom is -0.388 e. The zero-order valence-corrected chi connectivity index (χ0v) is 19.8. The molecule has 1 aromatic rings. The number of carbonyl (C=O) groups is 2. The molecule has 7 heteroatoms. The standard InChI is InChI=1S/C25H40N4O3/c1-27(2)25(21-11-5-3-6-12-21)15-7-4-8-17-29(20-24(32)13-9-14-24)23(31)28(18-10-16-25)19-22(26)30/h3,5-6,11-12,32H,4,7-10,13-20H2,1-2H3,(H2,26,30)/t25-/m1/s1. The Balaban J connectivity index is 1.81. The zero-order valence-electron chi connectivity index (χ0n) is 19.8. The molecule has 1 atom stereocenters. The smallest absolute Gasteiger partial charge is 0.320 e. The molecular weight excluding hydrogens is 404 g/mol. The maximum Gasteiger partial charge on any atom is 0.320 e. The molecule has 3 amide bonds. The van der Waals surface area contributed by atoms with E-state index in [2.05, 4.69) is 43.3 Å². The fourth-order valence-corrected chi connectivity index (χ4v) is 5.30. The Bertz CT molecular complexity index is 766. The second kappa shape index (κ2) is 10.7. The van der Waals surface area contributed by atoms with Crippen molar-refractivity contribution in [3.05, 3.63) is 35.9 Å². The van der Waals surface area contributed by atoms with Crippen LogP contribution < -0.4 is 5.73 Å². The summed E-state index contributed by atoms with van der Waals surface area (Å²) in [7, 11) is 4.26. The number of rotatable bonds is 6. The van der Waals surface area contributed by atoms with Gasteiger partial charge in [-0.05, 0) is 64.6 Å². The summed E-state index contributed by atoms with van der Waals surface area (Å²) in [6.45, 7) is 1.32. The van der Waals surface area contributed by atoms with Crippen LogP contribution in [0.25, 0.3) is 0 Å². The molecule has 0 spiro atoms. The average molecular weight is 445 g/mol. The molecule has 1 saturated carbocycles. The van der Waals surface area contributed by atoms with Crippen molar-refractivity contribution in [2.75, 3.05) is 40.3 Å². The van der Waals surface area contributed by atoms with E-state index < -0.39 is 11.5 Å². The van der Waals surface area contributed by atoms with Gasteiger partial charge in [0.2, 0.25) is 5.91 Å². The van der Waals surface area contributed by atoms with Crippen LogP contribution in [0.5, 0.6) is 0 Å². The first kappa shape index (κ1) is 24.5. The van der Waals surface area contributed by atoms with Gasteiger partial charge in [0, 0.05) is 18.6 Å². The molecule has 1 aliphatic carbocycles. The Kier molecular flexibility index (Phi) is 8.17. The largest absolute Gasteiger partial charge is 0.388 e. The van der Waals surface area contributed by atoms with Crippen LogP contribution in [0, 0.1) is 0 Å².